The summed E-state index contributed by atoms with van der Waals surface area (Å²) in [5.74, 6) is 0.498. The number of aryl methyl sites for hydroxylation is 1. The van der Waals surface area contributed by atoms with Crippen LogP contribution in [0.3, 0.4) is 0 Å². The maximum absolute atomic E-state index is 7.23. The molecule has 6 rings (SSSR count). The molecular formula is C35H34IrN2SSi-2. The Morgan fingerprint density at radius 2 is 1.70 bits per heavy atom. The Kier molecular flexibility index (Phi) is 8.25. The molecule has 205 valence electrons. The number of hydrogen-bond donors (Lipinski definition) is 0. The molecule has 0 aliphatic carbocycles. The Morgan fingerprint density at radius 1 is 0.850 bits per heavy atom. The number of nitrogens with zero attached hydrogens (tertiary/aromatic N) is 2. The van der Waals surface area contributed by atoms with Crippen molar-refractivity contribution in [3.63, 3.8) is 0 Å². The first kappa shape index (κ1) is 26.0. The van der Waals surface area contributed by atoms with Crippen LogP contribution in [0.5, 0.6) is 0 Å². The summed E-state index contributed by atoms with van der Waals surface area (Å²) in [4.78, 5) is 8.78. The van der Waals surface area contributed by atoms with Crippen molar-refractivity contribution >= 4 is 44.8 Å². The van der Waals surface area contributed by atoms with Gasteiger partial charge in [0.2, 0.25) is 0 Å². The van der Waals surface area contributed by atoms with E-state index in [4.69, 9.17) is 4.11 Å². The van der Waals surface area contributed by atoms with Crippen LogP contribution in [0.25, 0.3) is 42.7 Å². The van der Waals surface area contributed by atoms with Crippen molar-refractivity contribution in [2.45, 2.75) is 46.3 Å². The molecule has 0 unspecified atom stereocenters. The van der Waals surface area contributed by atoms with Gasteiger partial charge < -0.3 is 9.97 Å². The third-order valence-corrected chi connectivity index (χ3v) is 10.00. The minimum Gasteiger partial charge on any atom is -0.305 e. The van der Waals surface area contributed by atoms with Gasteiger partial charge in [0.15, 0.2) is 0 Å². The Morgan fingerprint density at radius 3 is 2.38 bits per heavy atom. The van der Waals surface area contributed by atoms with Crippen molar-refractivity contribution in [1.29, 1.82) is 0 Å². The normalized spacial score (nSPS) is 12.7. The molecule has 3 aromatic carbocycles. The van der Waals surface area contributed by atoms with Crippen molar-refractivity contribution < 1.29 is 24.2 Å². The molecule has 0 aliphatic heterocycles. The quantitative estimate of drug-likeness (QED) is 0.133. The van der Waals surface area contributed by atoms with Gasteiger partial charge in [0.1, 0.15) is 0 Å². The SMILES string of the molecule is CC(C)c1ccnc(-c2[c-]ccc3c2sc2ccc([Si](C)(C)C)cc23)c1.[2H]C([2H])([2H])c1ccc(-c2[c-]cccc2)nc1.[Ir]. The Labute approximate surface area is 261 Å². The van der Waals surface area contributed by atoms with Crippen molar-refractivity contribution in [3.8, 4) is 22.5 Å². The van der Waals surface area contributed by atoms with Gasteiger partial charge in [-0.3, -0.25) is 0 Å². The average Bonchev–Trinajstić information content (AvgIpc) is 3.35. The van der Waals surface area contributed by atoms with E-state index in [0.717, 1.165) is 22.5 Å². The molecule has 0 saturated carbocycles. The topological polar surface area (TPSA) is 25.8 Å². The van der Waals surface area contributed by atoms with Gasteiger partial charge in [0.05, 0.1) is 8.07 Å². The fourth-order valence-corrected chi connectivity index (χ4v) is 6.80. The standard InChI is InChI=1S/C23H24NSSi.C12H10N.Ir/c1-15(2)16-11-12-24-21(13-16)19-8-6-7-18-20-14-17(26(3,4)5)9-10-22(20)25-23(18)19;1-10-7-8-12(13-9-10)11-5-3-2-4-6-11;/h6-7,9-15H,1-5H3;2-5,7-9H,1H3;/q2*-1;/i;1D3;. The first-order chi connectivity index (χ1) is 19.9. The van der Waals surface area contributed by atoms with Crippen LogP contribution in [0.4, 0.5) is 0 Å². The minimum absolute atomic E-state index is 0. The van der Waals surface area contributed by atoms with E-state index >= 15 is 0 Å². The minimum atomic E-state index is -2.09. The van der Waals surface area contributed by atoms with Gasteiger partial charge >= 0.3 is 0 Å². The first-order valence-corrected chi connectivity index (χ1v) is 17.5. The van der Waals surface area contributed by atoms with Crippen LogP contribution in [0, 0.1) is 19.0 Å². The Bertz CT molecular complexity index is 1830. The molecule has 6 aromatic rings. The van der Waals surface area contributed by atoms with E-state index in [1.165, 1.54) is 37.1 Å². The Hall–Kier alpha value is -2.95. The van der Waals surface area contributed by atoms with E-state index in [9.17, 15) is 0 Å². The number of hydrogen-bond acceptors (Lipinski definition) is 3. The zero-order valence-electron chi connectivity index (χ0n) is 26.4. The molecule has 5 heteroatoms. The maximum Gasteiger partial charge on any atom is 0.0776 e. The third-order valence-electron chi connectivity index (χ3n) is 6.75. The van der Waals surface area contributed by atoms with Gasteiger partial charge in [-0.2, -0.15) is 11.3 Å². The number of thiophene rings is 1. The summed E-state index contributed by atoms with van der Waals surface area (Å²) in [7, 11) is -1.32. The molecule has 0 bridgehead atoms. The molecule has 0 spiro atoms. The molecule has 2 nitrogen and oxygen atoms in total. The molecule has 1 radical (unpaired) electrons. The van der Waals surface area contributed by atoms with Gasteiger partial charge in [-0.1, -0.05) is 80.0 Å². The molecule has 3 aromatic heterocycles. The van der Waals surface area contributed by atoms with Crippen LogP contribution in [0.1, 0.15) is 35.0 Å². The second-order valence-electron chi connectivity index (χ2n) is 11.0. The summed E-state index contributed by atoms with van der Waals surface area (Å²) in [5, 5.41) is 4.22. The molecule has 0 atom stereocenters. The first-order valence-electron chi connectivity index (χ1n) is 14.7. The summed E-state index contributed by atoms with van der Waals surface area (Å²) in [6, 6.07) is 32.9. The van der Waals surface area contributed by atoms with Gasteiger partial charge in [0.25, 0.3) is 0 Å². The van der Waals surface area contributed by atoms with Gasteiger partial charge in [-0.25, -0.2) is 0 Å². The van der Waals surface area contributed by atoms with Gasteiger partial charge in [-0.05, 0) is 51.9 Å². The fourth-order valence-electron chi connectivity index (χ4n) is 4.45. The number of pyridine rings is 2. The second kappa shape index (κ2) is 12.7. The van der Waals surface area contributed by atoms with Gasteiger partial charge in [0, 0.05) is 41.3 Å². The van der Waals surface area contributed by atoms with Crippen LogP contribution in [0.15, 0.2) is 91.3 Å². The van der Waals surface area contributed by atoms with Crippen molar-refractivity contribution in [1.82, 2.24) is 9.97 Å². The van der Waals surface area contributed by atoms with Gasteiger partial charge in [-0.15, -0.1) is 59.7 Å². The van der Waals surface area contributed by atoms with Crippen LogP contribution in [0.2, 0.25) is 19.6 Å². The molecule has 0 aliphatic rings. The zero-order chi connectivity index (χ0) is 30.1. The molecule has 0 N–H and O–H groups in total. The second-order valence-corrected chi connectivity index (χ2v) is 17.1. The zero-order valence-corrected chi connectivity index (χ0v) is 27.6. The number of benzene rings is 3. The van der Waals surface area contributed by atoms with Crippen LogP contribution in [-0.2, 0) is 20.1 Å². The fraction of sp³-hybridized carbons (Fsp3) is 0.200. The predicted octanol–water partition coefficient (Wildman–Crippen LogP) is 9.44. The summed E-state index contributed by atoms with van der Waals surface area (Å²) in [5.41, 5.74) is 5.32. The number of fused-ring (bicyclic) bond motifs is 3. The molecule has 40 heavy (non-hydrogen) atoms. The van der Waals surface area contributed by atoms with Crippen molar-refractivity contribution in [2.24, 2.45) is 0 Å². The Balaban J connectivity index is 0.000000215. The molecule has 0 fully saturated rings. The van der Waals surface area contributed by atoms with E-state index < -0.39 is 14.9 Å². The summed E-state index contributed by atoms with van der Waals surface area (Å²) < 4.78 is 24.3. The average molecular weight is 738 g/mol. The summed E-state index contributed by atoms with van der Waals surface area (Å²) >= 11 is 1.86. The number of rotatable bonds is 4. The third kappa shape index (κ3) is 6.67. The van der Waals surface area contributed by atoms with Crippen LogP contribution < -0.4 is 5.19 Å². The van der Waals surface area contributed by atoms with E-state index in [1.54, 1.807) is 18.2 Å². The molecular weight excluding hydrogens is 701 g/mol. The van der Waals surface area contributed by atoms with Crippen LogP contribution >= 0.6 is 11.3 Å². The smallest absolute Gasteiger partial charge is 0.0776 e. The number of aromatic nitrogens is 2. The van der Waals surface area contributed by atoms with Crippen molar-refractivity contribution in [2.75, 3.05) is 0 Å². The molecule has 3 heterocycles. The maximum atomic E-state index is 7.23. The monoisotopic (exact) mass is 738 g/mol. The summed E-state index contributed by atoms with van der Waals surface area (Å²) in [6.07, 6.45) is 3.32. The van der Waals surface area contributed by atoms with E-state index in [2.05, 4.69) is 98.1 Å². The largest absolute Gasteiger partial charge is 0.305 e. The molecule has 0 amide bonds. The summed E-state index contributed by atoms with van der Waals surface area (Å²) in [6.45, 7) is 9.57. The predicted molar refractivity (Wildman–Crippen MR) is 172 cm³/mol. The van der Waals surface area contributed by atoms with E-state index in [-0.39, 0.29) is 25.7 Å². The van der Waals surface area contributed by atoms with E-state index in [1.807, 2.05) is 35.7 Å². The van der Waals surface area contributed by atoms with Crippen molar-refractivity contribution in [3.05, 3.63) is 115 Å². The molecule has 0 saturated heterocycles. The van der Waals surface area contributed by atoms with E-state index in [0.29, 0.717) is 5.92 Å². The van der Waals surface area contributed by atoms with Crippen LogP contribution in [-0.4, -0.2) is 18.0 Å².